The van der Waals surface area contributed by atoms with Crippen LogP contribution in [0.1, 0.15) is 0 Å². The molecular weight excluding hydrogens is 278 g/mol. The maximum atomic E-state index is 12.7. The Morgan fingerprint density at radius 2 is 1.95 bits per heavy atom. The highest BCUT2D eigenvalue weighted by Crippen LogP contribution is 2.30. The van der Waals surface area contributed by atoms with Crippen LogP contribution in [0.2, 0.25) is 0 Å². The van der Waals surface area contributed by atoms with Gasteiger partial charge in [-0.25, -0.2) is 8.42 Å². The van der Waals surface area contributed by atoms with E-state index in [4.69, 9.17) is 0 Å². The van der Waals surface area contributed by atoms with E-state index >= 15 is 0 Å². The van der Waals surface area contributed by atoms with Crippen molar-refractivity contribution in [2.75, 3.05) is 26.2 Å². The molecular formula is C13H15N3O3S. The van der Waals surface area contributed by atoms with Crippen LogP contribution in [0.5, 0.6) is 5.75 Å². The molecule has 0 saturated carbocycles. The van der Waals surface area contributed by atoms with Crippen molar-refractivity contribution in [2.24, 2.45) is 0 Å². The van der Waals surface area contributed by atoms with Crippen molar-refractivity contribution in [1.29, 1.82) is 0 Å². The van der Waals surface area contributed by atoms with Gasteiger partial charge < -0.3 is 10.4 Å². The van der Waals surface area contributed by atoms with Gasteiger partial charge in [0.25, 0.3) is 0 Å². The van der Waals surface area contributed by atoms with Crippen LogP contribution in [0.3, 0.4) is 0 Å². The van der Waals surface area contributed by atoms with Gasteiger partial charge in [0.05, 0.1) is 4.90 Å². The van der Waals surface area contributed by atoms with E-state index in [2.05, 4.69) is 10.3 Å². The first-order valence-corrected chi connectivity index (χ1v) is 7.82. The number of rotatable bonds is 2. The van der Waals surface area contributed by atoms with E-state index in [1.807, 2.05) is 0 Å². The Bertz CT molecular complexity index is 740. The molecule has 1 fully saturated rings. The molecule has 0 spiro atoms. The number of piperazine rings is 1. The Balaban J connectivity index is 2.16. The van der Waals surface area contributed by atoms with Gasteiger partial charge >= 0.3 is 0 Å². The normalized spacial score (nSPS) is 17.4. The Hall–Kier alpha value is -1.70. The van der Waals surface area contributed by atoms with E-state index in [0.29, 0.717) is 37.1 Å². The molecule has 20 heavy (non-hydrogen) atoms. The zero-order valence-corrected chi connectivity index (χ0v) is 11.6. The van der Waals surface area contributed by atoms with Crippen molar-refractivity contribution in [3.8, 4) is 5.75 Å². The lowest BCUT2D eigenvalue weighted by atomic mass is 10.2. The van der Waals surface area contributed by atoms with Crippen LogP contribution >= 0.6 is 0 Å². The molecule has 1 saturated heterocycles. The number of fused-ring (bicyclic) bond motifs is 1. The van der Waals surface area contributed by atoms with Crippen LogP contribution in [0.25, 0.3) is 10.9 Å². The summed E-state index contributed by atoms with van der Waals surface area (Å²) in [6, 6.07) is 6.15. The number of benzene rings is 1. The largest absolute Gasteiger partial charge is 0.506 e. The minimum Gasteiger partial charge on any atom is -0.506 e. The van der Waals surface area contributed by atoms with Crippen molar-refractivity contribution in [1.82, 2.24) is 14.6 Å². The number of phenolic OH excluding ortho intramolecular Hbond substituents is 1. The maximum Gasteiger partial charge on any atom is 0.243 e. The van der Waals surface area contributed by atoms with Gasteiger partial charge in [-0.15, -0.1) is 0 Å². The molecule has 0 unspecified atom stereocenters. The van der Waals surface area contributed by atoms with Crippen LogP contribution in [0.4, 0.5) is 0 Å². The number of sulfonamides is 1. The lowest BCUT2D eigenvalue weighted by Gasteiger charge is -2.27. The second-order valence-electron chi connectivity index (χ2n) is 4.64. The topological polar surface area (TPSA) is 82.5 Å². The molecule has 7 heteroatoms. The molecule has 2 aromatic rings. The fourth-order valence-corrected chi connectivity index (χ4v) is 4.00. The molecule has 3 rings (SSSR count). The van der Waals surface area contributed by atoms with Gasteiger partial charge in [0.15, 0.2) is 0 Å². The predicted molar refractivity (Wildman–Crippen MR) is 75.0 cm³/mol. The third-order valence-corrected chi connectivity index (χ3v) is 5.36. The quantitative estimate of drug-likeness (QED) is 0.844. The number of aromatic nitrogens is 1. The molecule has 1 aliphatic heterocycles. The number of nitrogens with one attached hydrogen (secondary N) is 1. The van der Waals surface area contributed by atoms with Gasteiger partial charge in [-0.2, -0.15) is 4.31 Å². The Morgan fingerprint density at radius 3 is 2.70 bits per heavy atom. The highest BCUT2D eigenvalue weighted by molar-refractivity contribution is 7.89. The van der Waals surface area contributed by atoms with Crippen LogP contribution in [-0.2, 0) is 10.0 Å². The minimum absolute atomic E-state index is 0.0140. The molecule has 6 nitrogen and oxygen atoms in total. The fourth-order valence-electron chi connectivity index (χ4n) is 2.38. The standard InChI is InChI=1S/C13H15N3O3S/c17-11-3-4-12(10-2-1-5-15-13(10)11)20(18,19)16-8-6-14-7-9-16/h1-5,14,17H,6-9H2. The van der Waals surface area contributed by atoms with Crippen molar-refractivity contribution in [2.45, 2.75) is 4.90 Å². The van der Waals surface area contributed by atoms with Crippen LogP contribution in [0, 0.1) is 0 Å². The van der Waals surface area contributed by atoms with Gasteiger partial charge in [-0.1, -0.05) is 0 Å². The summed E-state index contributed by atoms with van der Waals surface area (Å²) in [5, 5.41) is 13.4. The Kier molecular flexibility index (Phi) is 3.33. The summed E-state index contributed by atoms with van der Waals surface area (Å²) in [4.78, 5) is 4.25. The van der Waals surface area contributed by atoms with Gasteiger partial charge in [0.1, 0.15) is 11.3 Å². The van der Waals surface area contributed by atoms with E-state index < -0.39 is 10.0 Å². The van der Waals surface area contributed by atoms with Crippen molar-refractivity contribution in [3.05, 3.63) is 30.5 Å². The van der Waals surface area contributed by atoms with Gasteiger partial charge in [-0.05, 0) is 24.3 Å². The van der Waals surface area contributed by atoms with Crippen LogP contribution < -0.4 is 5.32 Å². The third kappa shape index (κ3) is 2.13. The summed E-state index contributed by atoms with van der Waals surface area (Å²) >= 11 is 0. The molecule has 0 amide bonds. The highest BCUT2D eigenvalue weighted by Gasteiger charge is 2.28. The van der Waals surface area contributed by atoms with E-state index in [1.165, 1.54) is 22.6 Å². The Morgan fingerprint density at radius 1 is 1.20 bits per heavy atom. The summed E-state index contributed by atoms with van der Waals surface area (Å²) in [5.74, 6) is -0.0140. The molecule has 106 valence electrons. The first-order valence-electron chi connectivity index (χ1n) is 6.38. The summed E-state index contributed by atoms with van der Waals surface area (Å²) < 4.78 is 26.9. The van der Waals surface area contributed by atoms with Crippen molar-refractivity contribution in [3.63, 3.8) is 0 Å². The number of pyridine rings is 1. The molecule has 0 radical (unpaired) electrons. The second kappa shape index (κ2) is 5.01. The smallest absolute Gasteiger partial charge is 0.243 e. The number of nitrogens with zero attached hydrogens (tertiary/aromatic N) is 2. The first-order chi connectivity index (χ1) is 9.60. The number of hydrogen-bond acceptors (Lipinski definition) is 5. The average molecular weight is 293 g/mol. The van der Waals surface area contributed by atoms with Crippen LogP contribution in [-0.4, -0.2) is 49.0 Å². The SMILES string of the molecule is O=S(=O)(c1ccc(O)c2ncccc12)N1CCNCC1. The maximum absolute atomic E-state index is 12.7. The zero-order chi connectivity index (χ0) is 14.2. The lowest BCUT2D eigenvalue weighted by Crippen LogP contribution is -2.46. The molecule has 0 atom stereocenters. The molecule has 1 aliphatic rings. The molecule has 1 aromatic heterocycles. The summed E-state index contributed by atoms with van der Waals surface area (Å²) in [7, 11) is -3.56. The predicted octanol–water partition coefficient (Wildman–Crippen LogP) is 0.534. The second-order valence-corrected chi connectivity index (χ2v) is 6.54. The van der Waals surface area contributed by atoms with Gasteiger partial charge in [0, 0.05) is 37.8 Å². The van der Waals surface area contributed by atoms with Gasteiger partial charge in [0.2, 0.25) is 10.0 Å². The zero-order valence-electron chi connectivity index (χ0n) is 10.8. The van der Waals surface area contributed by atoms with E-state index in [-0.39, 0.29) is 10.6 Å². The summed E-state index contributed by atoms with van der Waals surface area (Å²) in [6.07, 6.45) is 1.53. The average Bonchev–Trinajstić information content (AvgIpc) is 2.48. The van der Waals surface area contributed by atoms with E-state index in [9.17, 15) is 13.5 Å². The number of hydrogen-bond donors (Lipinski definition) is 2. The van der Waals surface area contributed by atoms with Gasteiger partial charge in [-0.3, -0.25) is 4.98 Å². The summed E-state index contributed by atoms with van der Waals surface area (Å²) in [5.41, 5.74) is 0.309. The molecule has 2 heterocycles. The van der Waals surface area contributed by atoms with E-state index in [0.717, 1.165) is 0 Å². The number of aromatic hydroxyl groups is 1. The first kappa shape index (κ1) is 13.3. The fraction of sp³-hybridized carbons (Fsp3) is 0.308. The monoisotopic (exact) mass is 293 g/mol. The van der Waals surface area contributed by atoms with Crippen molar-refractivity contribution >= 4 is 20.9 Å². The highest BCUT2D eigenvalue weighted by atomic mass is 32.2. The van der Waals surface area contributed by atoms with Crippen LogP contribution in [0.15, 0.2) is 35.4 Å². The molecule has 0 bridgehead atoms. The lowest BCUT2D eigenvalue weighted by molar-refractivity contribution is 0.360. The summed E-state index contributed by atoms with van der Waals surface area (Å²) in [6.45, 7) is 2.19. The molecule has 0 aliphatic carbocycles. The van der Waals surface area contributed by atoms with Crippen molar-refractivity contribution < 1.29 is 13.5 Å². The number of phenols is 1. The molecule has 2 N–H and O–H groups in total. The molecule has 1 aromatic carbocycles. The van der Waals surface area contributed by atoms with E-state index in [1.54, 1.807) is 12.1 Å². The minimum atomic E-state index is -3.56. The Labute approximate surface area is 117 Å². The third-order valence-electron chi connectivity index (χ3n) is 3.40.